The molecular weight excluding hydrogens is 328 g/mol. The Morgan fingerprint density at radius 3 is 1.77 bits per heavy atom. The molecule has 3 aromatic rings. The second kappa shape index (κ2) is 6.76. The standard InChI is InChI=1S/C20H12N4O2/c21-11-13-1-5-15(6-2-13)17-9-18(20(23)19(10-17)24(25)26)16-7-3-14(12-22)4-8-16/h1-10H,23H2. The van der Waals surface area contributed by atoms with Crippen molar-refractivity contribution in [2.75, 3.05) is 5.73 Å². The second-order valence-electron chi connectivity index (χ2n) is 5.59. The SMILES string of the molecule is N#Cc1ccc(-c2cc(-c3ccc(C#N)cc3)c(N)c([N+](=O)[O-])c2)cc1. The van der Waals surface area contributed by atoms with E-state index >= 15 is 0 Å². The highest BCUT2D eigenvalue weighted by Gasteiger charge is 2.19. The number of nitrogen functional groups attached to an aromatic ring is 1. The molecule has 26 heavy (non-hydrogen) atoms. The molecule has 0 atom stereocenters. The maximum Gasteiger partial charge on any atom is 0.293 e. The van der Waals surface area contributed by atoms with Crippen molar-refractivity contribution in [1.82, 2.24) is 0 Å². The molecule has 6 heteroatoms. The van der Waals surface area contributed by atoms with Crippen molar-refractivity contribution in [1.29, 1.82) is 10.5 Å². The zero-order chi connectivity index (χ0) is 18.7. The average Bonchev–Trinajstić information content (AvgIpc) is 2.68. The minimum atomic E-state index is -0.518. The van der Waals surface area contributed by atoms with Crippen LogP contribution in [0.1, 0.15) is 11.1 Å². The molecule has 0 aliphatic heterocycles. The van der Waals surface area contributed by atoms with Crippen LogP contribution in [-0.2, 0) is 0 Å². The molecule has 0 heterocycles. The molecule has 0 saturated carbocycles. The fraction of sp³-hybridized carbons (Fsp3) is 0. The molecule has 6 nitrogen and oxygen atoms in total. The maximum atomic E-state index is 11.4. The third-order valence-corrected chi connectivity index (χ3v) is 4.03. The number of nitro benzene ring substituents is 1. The quantitative estimate of drug-likeness (QED) is 0.434. The van der Waals surface area contributed by atoms with Crippen LogP contribution in [0.15, 0.2) is 60.7 Å². The van der Waals surface area contributed by atoms with Crippen LogP contribution in [-0.4, -0.2) is 4.92 Å². The Hall–Kier alpha value is -4.16. The summed E-state index contributed by atoms with van der Waals surface area (Å²) in [5, 5.41) is 29.3. The van der Waals surface area contributed by atoms with E-state index in [9.17, 15) is 10.1 Å². The lowest BCUT2D eigenvalue weighted by Crippen LogP contribution is -1.99. The summed E-state index contributed by atoms with van der Waals surface area (Å²) in [6, 6.07) is 20.7. The highest BCUT2D eigenvalue weighted by Crippen LogP contribution is 2.38. The maximum absolute atomic E-state index is 11.4. The van der Waals surface area contributed by atoms with Crippen LogP contribution in [0.2, 0.25) is 0 Å². The van der Waals surface area contributed by atoms with Crippen molar-refractivity contribution in [3.05, 3.63) is 81.9 Å². The molecule has 0 spiro atoms. The molecule has 124 valence electrons. The van der Waals surface area contributed by atoms with Crippen LogP contribution in [0.3, 0.4) is 0 Å². The largest absolute Gasteiger partial charge is 0.393 e. The lowest BCUT2D eigenvalue weighted by molar-refractivity contribution is -0.383. The van der Waals surface area contributed by atoms with Gasteiger partial charge >= 0.3 is 0 Å². The highest BCUT2D eigenvalue weighted by atomic mass is 16.6. The highest BCUT2D eigenvalue weighted by molar-refractivity contribution is 5.88. The van der Waals surface area contributed by atoms with Gasteiger partial charge in [-0.2, -0.15) is 10.5 Å². The first-order chi connectivity index (χ1) is 12.5. The van der Waals surface area contributed by atoms with E-state index in [1.54, 1.807) is 54.6 Å². The molecule has 3 rings (SSSR count). The number of hydrogen-bond donors (Lipinski definition) is 1. The van der Waals surface area contributed by atoms with Gasteiger partial charge in [0.15, 0.2) is 0 Å². The van der Waals surface area contributed by atoms with Crippen LogP contribution < -0.4 is 5.73 Å². The first kappa shape index (κ1) is 16.7. The minimum Gasteiger partial charge on any atom is -0.393 e. The van der Waals surface area contributed by atoms with E-state index in [2.05, 4.69) is 0 Å². The summed E-state index contributed by atoms with van der Waals surface area (Å²) in [5.74, 6) is 0. The van der Waals surface area contributed by atoms with Crippen LogP contribution in [0.4, 0.5) is 11.4 Å². The van der Waals surface area contributed by atoms with Gasteiger partial charge in [0, 0.05) is 11.6 Å². The lowest BCUT2D eigenvalue weighted by Gasteiger charge is -2.11. The summed E-state index contributed by atoms with van der Waals surface area (Å²) in [6.07, 6.45) is 0. The molecule has 0 amide bonds. The Bertz CT molecular complexity index is 1070. The van der Waals surface area contributed by atoms with Crippen LogP contribution in [0, 0.1) is 32.8 Å². The number of nitrogens with zero attached hydrogens (tertiary/aromatic N) is 3. The van der Waals surface area contributed by atoms with Gasteiger partial charge in [0.05, 0.1) is 28.2 Å². The van der Waals surface area contributed by atoms with Crippen molar-refractivity contribution < 1.29 is 4.92 Å². The van der Waals surface area contributed by atoms with Gasteiger partial charge in [0.25, 0.3) is 5.69 Å². The fourth-order valence-electron chi connectivity index (χ4n) is 2.66. The Balaban J connectivity index is 2.20. The number of rotatable bonds is 3. The Morgan fingerprint density at radius 1 is 0.808 bits per heavy atom. The van der Waals surface area contributed by atoms with Crippen molar-refractivity contribution in [3.8, 4) is 34.4 Å². The van der Waals surface area contributed by atoms with Crippen molar-refractivity contribution in [2.24, 2.45) is 0 Å². The van der Waals surface area contributed by atoms with E-state index in [1.165, 1.54) is 6.07 Å². The van der Waals surface area contributed by atoms with E-state index in [0.29, 0.717) is 27.8 Å². The molecule has 0 unspecified atom stereocenters. The van der Waals surface area contributed by atoms with Gasteiger partial charge in [-0.25, -0.2) is 0 Å². The van der Waals surface area contributed by atoms with E-state index in [1.807, 2.05) is 12.1 Å². The summed E-state index contributed by atoms with van der Waals surface area (Å²) >= 11 is 0. The predicted octanol–water partition coefficient (Wildman–Crippen LogP) is 4.25. The van der Waals surface area contributed by atoms with E-state index in [0.717, 1.165) is 5.56 Å². The molecule has 0 aromatic heterocycles. The minimum absolute atomic E-state index is 0.0668. The smallest absolute Gasteiger partial charge is 0.293 e. The average molecular weight is 340 g/mol. The summed E-state index contributed by atoms with van der Waals surface area (Å²) in [7, 11) is 0. The van der Waals surface area contributed by atoms with Crippen molar-refractivity contribution in [2.45, 2.75) is 0 Å². The van der Waals surface area contributed by atoms with Gasteiger partial charge in [-0.05, 0) is 47.0 Å². The van der Waals surface area contributed by atoms with E-state index in [-0.39, 0.29) is 11.4 Å². The number of benzene rings is 3. The van der Waals surface area contributed by atoms with E-state index in [4.69, 9.17) is 16.3 Å². The molecular formula is C20H12N4O2. The van der Waals surface area contributed by atoms with Crippen LogP contribution in [0.25, 0.3) is 22.3 Å². The summed E-state index contributed by atoms with van der Waals surface area (Å²) in [4.78, 5) is 10.9. The molecule has 0 aliphatic carbocycles. The third-order valence-electron chi connectivity index (χ3n) is 4.03. The number of hydrogen-bond acceptors (Lipinski definition) is 5. The number of nitriles is 2. The lowest BCUT2D eigenvalue weighted by atomic mass is 9.95. The van der Waals surface area contributed by atoms with Gasteiger partial charge in [0.2, 0.25) is 0 Å². The summed E-state index contributed by atoms with van der Waals surface area (Å²) < 4.78 is 0. The topological polar surface area (TPSA) is 117 Å². The number of nitro groups is 1. The molecule has 0 radical (unpaired) electrons. The van der Waals surface area contributed by atoms with Crippen LogP contribution in [0.5, 0.6) is 0 Å². The third kappa shape index (κ3) is 3.08. The normalized spacial score (nSPS) is 9.92. The Kier molecular flexibility index (Phi) is 4.34. The van der Waals surface area contributed by atoms with Crippen molar-refractivity contribution in [3.63, 3.8) is 0 Å². The Morgan fingerprint density at radius 2 is 1.31 bits per heavy atom. The predicted molar refractivity (Wildman–Crippen MR) is 97.8 cm³/mol. The zero-order valence-corrected chi connectivity index (χ0v) is 13.5. The van der Waals surface area contributed by atoms with E-state index < -0.39 is 4.92 Å². The summed E-state index contributed by atoms with van der Waals surface area (Å²) in [5.41, 5.74) is 9.46. The van der Waals surface area contributed by atoms with Crippen molar-refractivity contribution >= 4 is 11.4 Å². The van der Waals surface area contributed by atoms with Gasteiger partial charge in [0.1, 0.15) is 5.69 Å². The first-order valence-corrected chi connectivity index (χ1v) is 7.62. The summed E-state index contributed by atoms with van der Waals surface area (Å²) in [6.45, 7) is 0. The molecule has 3 aromatic carbocycles. The second-order valence-corrected chi connectivity index (χ2v) is 5.59. The van der Waals surface area contributed by atoms with Crippen LogP contribution >= 0.6 is 0 Å². The van der Waals surface area contributed by atoms with Gasteiger partial charge in [-0.1, -0.05) is 24.3 Å². The monoisotopic (exact) mass is 340 g/mol. The van der Waals surface area contributed by atoms with Gasteiger partial charge < -0.3 is 5.73 Å². The number of nitrogens with two attached hydrogens (primary N) is 1. The molecule has 0 saturated heterocycles. The van der Waals surface area contributed by atoms with Gasteiger partial charge in [-0.15, -0.1) is 0 Å². The first-order valence-electron chi connectivity index (χ1n) is 7.62. The molecule has 2 N–H and O–H groups in total. The Labute approximate surface area is 149 Å². The zero-order valence-electron chi connectivity index (χ0n) is 13.5. The molecule has 0 aliphatic rings. The number of anilines is 1. The van der Waals surface area contributed by atoms with Gasteiger partial charge in [-0.3, -0.25) is 10.1 Å². The molecule has 0 fully saturated rings. The molecule has 0 bridgehead atoms. The fourth-order valence-corrected chi connectivity index (χ4v) is 2.66.